The summed E-state index contributed by atoms with van der Waals surface area (Å²) in [5, 5.41) is 24.4. The Kier molecular flexibility index (Phi) is 7.26. The van der Waals surface area contributed by atoms with Crippen molar-refractivity contribution in [3.63, 3.8) is 0 Å². The number of hydrogen-bond acceptors (Lipinski definition) is 10. The van der Waals surface area contributed by atoms with Gasteiger partial charge in [-0.15, -0.1) is 0 Å². The van der Waals surface area contributed by atoms with Crippen LogP contribution < -0.4 is 10.5 Å². The SMILES string of the molecule is COC(=O)c1cc(-c2ccc(-c3cnn4c(N)c(C(C)=O)c([C@H]5CC[C@](O)(CO)CC5)nc34)cn2)ccc1OC. The van der Waals surface area contributed by atoms with Crippen molar-refractivity contribution in [3.8, 4) is 28.1 Å². The second-order valence-electron chi connectivity index (χ2n) is 10.1. The molecule has 1 saturated carbocycles. The number of hydrogen-bond donors (Lipinski definition) is 3. The minimum absolute atomic E-state index is 0.0969. The fraction of sp³-hybridized carbons (Fsp3) is 0.345. The molecule has 1 fully saturated rings. The van der Waals surface area contributed by atoms with E-state index in [1.807, 2.05) is 18.2 Å². The molecule has 11 nitrogen and oxygen atoms in total. The minimum Gasteiger partial charge on any atom is -0.496 e. The number of nitrogen functional groups attached to an aromatic ring is 1. The number of methoxy groups -OCH3 is 2. The molecule has 208 valence electrons. The van der Waals surface area contributed by atoms with E-state index < -0.39 is 11.6 Å². The standard InChI is InChI=1S/C29H31N5O6/c1-16(36)24-25(17-8-10-29(38,15-35)11-9-17)33-27-21(14-32-34(27)26(24)30)19-4-6-22(31-13-19)18-5-7-23(39-2)20(12-18)28(37)40-3/h4-7,12-14,17,35,38H,8-11,15,30H2,1-3H3/t17-,29+. The second-order valence-corrected chi connectivity index (χ2v) is 10.1. The normalized spacial score (nSPS) is 19.0. The van der Waals surface area contributed by atoms with Crippen LogP contribution in [-0.4, -0.2) is 68.0 Å². The number of carbonyl (C=O) groups excluding carboxylic acids is 2. The molecule has 4 aromatic rings. The Morgan fingerprint density at radius 2 is 1.85 bits per heavy atom. The van der Waals surface area contributed by atoms with Gasteiger partial charge in [0.25, 0.3) is 0 Å². The van der Waals surface area contributed by atoms with Gasteiger partial charge in [-0.1, -0.05) is 6.07 Å². The van der Waals surface area contributed by atoms with E-state index in [4.69, 9.17) is 20.2 Å². The molecule has 0 amide bonds. The molecule has 1 aliphatic carbocycles. The monoisotopic (exact) mass is 545 g/mol. The number of aromatic nitrogens is 4. The average Bonchev–Trinajstić information content (AvgIpc) is 3.41. The number of nitrogens with two attached hydrogens (primary N) is 1. The quantitative estimate of drug-likeness (QED) is 0.232. The molecule has 3 aromatic heterocycles. The number of nitrogens with zero attached hydrogens (tertiary/aromatic N) is 4. The maximum Gasteiger partial charge on any atom is 0.341 e. The van der Waals surface area contributed by atoms with Crippen molar-refractivity contribution in [1.82, 2.24) is 19.6 Å². The molecule has 0 radical (unpaired) electrons. The number of aliphatic hydroxyl groups is 2. The molecule has 5 rings (SSSR count). The third-order valence-electron chi connectivity index (χ3n) is 7.64. The highest BCUT2D eigenvalue weighted by Crippen LogP contribution is 2.40. The third-order valence-corrected chi connectivity index (χ3v) is 7.64. The maximum atomic E-state index is 12.6. The summed E-state index contributed by atoms with van der Waals surface area (Å²) in [4.78, 5) is 34.3. The van der Waals surface area contributed by atoms with Crippen molar-refractivity contribution in [1.29, 1.82) is 0 Å². The van der Waals surface area contributed by atoms with Gasteiger partial charge in [-0.2, -0.15) is 9.61 Å². The number of ether oxygens (including phenoxy) is 2. The van der Waals surface area contributed by atoms with Crippen LogP contribution in [-0.2, 0) is 4.74 Å². The minimum atomic E-state index is -1.11. The van der Waals surface area contributed by atoms with Gasteiger partial charge in [0.15, 0.2) is 11.4 Å². The Balaban J connectivity index is 1.53. The van der Waals surface area contributed by atoms with Gasteiger partial charge < -0.3 is 25.4 Å². The molecule has 0 saturated heterocycles. The third kappa shape index (κ3) is 4.78. The Morgan fingerprint density at radius 1 is 1.12 bits per heavy atom. The van der Waals surface area contributed by atoms with Crippen molar-refractivity contribution >= 4 is 23.2 Å². The molecule has 11 heteroatoms. The highest BCUT2D eigenvalue weighted by Gasteiger charge is 2.36. The van der Waals surface area contributed by atoms with E-state index in [9.17, 15) is 19.8 Å². The van der Waals surface area contributed by atoms with Gasteiger partial charge >= 0.3 is 5.97 Å². The van der Waals surface area contributed by atoms with Gasteiger partial charge in [-0.05, 0) is 56.9 Å². The summed E-state index contributed by atoms with van der Waals surface area (Å²) in [6.45, 7) is 1.15. The molecule has 4 N–H and O–H groups in total. The Hall–Kier alpha value is -4.35. The molecule has 3 heterocycles. The first-order chi connectivity index (χ1) is 19.2. The highest BCUT2D eigenvalue weighted by molar-refractivity contribution is 6.00. The van der Waals surface area contributed by atoms with Crippen LogP contribution in [0, 0.1) is 0 Å². The fourth-order valence-corrected chi connectivity index (χ4v) is 5.34. The van der Waals surface area contributed by atoms with E-state index in [0.29, 0.717) is 70.7 Å². The van der Waals surface area contributed by atoms with Crippen molar-refractivity contribution in [2.45, 2.75) is 44.1 Å². The Bertz CT molecular complexity index is 1590. The summed E-state index contributed by atoms with van der Waals surface area (Å²) in [6.07, 6.45) is 5.26. The lowest BCUT2D eigenvalue weighted by Crippen LogP contribution is -2.37. The Labute approximate surface area is 230 Å². The largest absolute Gasteiger partial charge is 0.496 e. The number of rotatable bonds is 7. The zero-order valence-electron chi connectivity index (χ0n) is 22.5. The summed E-state index contributed by atoms with van der Waals surface area (Å²) >= 11 is 0. The van der Waals surface area contributed by atoms with E-state index >= 15 is 0 Å². The van der Waals surface area contributed by atoms with Gasteiger partial charge in [0.05, 0.1) is 49.6 Å². The molecule has 0 bridgehead atoms. The lowest BCUT2D eigenvalue weighted by Gasteiger charge is -2.34. The lowest BCUT2D eigenvalue weighted by atomic mass is 9.77. The van der Waals surface area contributed by atoms with Crippen molar-refractivity contribution in [3.05, 3.63) is 59.5 Å². The first kappa shape index (κ1) is 27.2. The predicted molar refractivity (Wildman–Crippen MR) is 147 cm³/mol. The number of fused-ring (bicyclic) bond motifs is 1. The first-order valence-electron chi connectivity index (χ1n) is 12.9. The smallest absolute Gasteiger partial charge is 0.341 e. The molecule has 40 heavy (non-hydrogen) atoms. The van der Waals surface area contributed by atoms with Crippen LogP contribution in [0.3, 0.4) is 0 Å². The van der Waals surface area contributed by atoms with E-state index in [-0.39, 0.29) is 24.1 Å². The van der Waals surface area contributed by atoms with Crippen LogP contribution in [0.4, 0.5) is 5.82 Å². The molecular weight excluding hydrogens is 514 g/mol. The molecule has 0 atom stereocenters. The number of aliphatic hydroxyl groups excluding tert-OH is 1. The number of carbonyl (C=O) groups is 2. The topological polar surface area (TPSA) is 162 Å². The molecule has 1 aromatic carbocycles. The predicted octanol–water partition coefficient (Wildman–Crippen LogP) is 3.42. The first-order valence-corrected chi connectivity index (χ1v) is 12.9. The van der Waals surface area contributed by atoms with Gasteiger partial charge in [0.1, 0.15) is 17.1 Å². The molecular formula is C29H31N5O6. The summed E-state index contributed by atoms with van der Waals surface area (Å²) in [7, 11) is 2.80. The summed E-state index contributed by atoms with van der Waals surface area (Å²) < 4.78 is 11.6. The number of anilines is 1. The molecule has 0 spiro atoms. The van der Waals surface area contributed by atoms with Crippen LogP contribution >= 0.6 is 0 Å². The number of pyridine rings is 1. The molecule has 1 aliphatic rings. The molecule has 0 aliphatic heterocycles. The van der Waals surface area contributed by atoms with Crippen molar-refractivity contribution in [2.24, 2.45) is 0 Å². The Morgan fingerprint density at radius 3 is 2.45 bits per heavy atom. The van der Waals surface area contributed by atoms with Crippen LogP contribution in [0.5, 0.6) is 5.75 Å². The van der Waals surface area contributed by atoms with Crippen molar-refractivity contribution < 1.29 is 29.3 Å². The number of ketones is 1. The van der Waals surface area contributed by atoms with Gasteiger partial charge in [-0.3, -0.25) is 9.78 Å². The lowest BCUT2D eigenvalue weighted by molar-refractivity contribution is -0.0458. The number of benzene rings is 1. The second kappa shape index (κ2) is 10.7. The van der Waals surface area contributed by atoms with Crippen molar-refractivity contribution in [2.75, 3.05) is 26.6 Å². The zero-order valence-corrected chi connectivity index (χ0v) is 22.5. The van der Waals surface area contributed by atoms with Crippen LogP contribution in [0.25, 0.3) is 28.0 Å². The van der Waals surface area contributed by atoms with Crippen LogP contribution in [0.15, 0.2) is 42.7 Å². The zero-order chi connectivity index (χ0) is 28.6. The van der Waals surface area contributed by atoms with Gasteiger partial charge in [0, 0.05) is 28.8 Å². The summed E-state index contributed by atoms with van der Waals surface area (Å²) in [6, 6.07) is 8.87. The van der Waals surface area contributed by atoms with E-state index in [1.54, 1.807) is 24.5 Å². The number of Topliss-reactive ketones (excluding diaryl/α,β-unsaturated/α-hetero) is 1. The van der Waals surface area contributed by atoms with Crippen LogP contribution in [0.2, 0.25) is 0 Å². The maximum absolute atomic E-state index is 12.6. The molecule has 0 unspecified atom stereocenters. The van der Waals surface area contributed by atoms with E-state index in [0.717, 1.165) is 5.56 Å². The number of esters is 1. The summed E-state index contributed by atoms with van der Waals surface area (Å²) in [5.74, 6) is -0.203. The highest BCUT2D eigenvalue weighted by atomic mass is 16.5. The van der Waals surface area contributed by atoms with Gasteiger partial charge in [-0.25, -0.2) is 9.78 Å². The fourth-order valence-electron chi connectivity index (χ4n) is 5.34. The van der Waals surface area contributed by atoms with Crippen LogP contribution in [0.1, 0.15) is 64.9 Å². The van der Waals surface area contributed by atoms with Gasteiger partial charge in [0.2, 0.25) is 0 Å². The summed E-state index contributed by atoms with van der Waals surface area (Å²) in [5.41, 5.74) is 9.83. The average molecular weight is 546 g/mol. The van der Waals surface area contributed by atoms with E-state index in [2.05, 4.69) is 10.1 Å². The van der Waals surface area contributed by atoms with E-state index in [1.165, 1.54) is 25.7 Å².